The Bertz CT molecular complexity index is 1390. The highest BCUT2D eigenvalue weighted by molar-refractivity contribution is 7.14. The molecule has 1 N–H and O–H groups in total. The van der Waals surface area contributed by atoms with E-state index in [0.717, 1.165) is 50.3 Å². The monoisotopic (exact) mass is 530 g/mol. The molecule has 8 heteroatoms. The molecule has 4 aromatic rings. The van der Waals surface area contributed by atoms with Crippen LogP contribution in [0.2, 0.25) is 0 Å². The molecule has 0 amide bonds. The first-order valence-electron chi connectivity index (χ1n) is 12.5. The van der Waals surface area contributed by atoms with Gasteiger partial charge in [-0.3, -0.25) is 4.79 Å². The lowest BCUT2D eigenvalue weighted by Crippen LogP contribution is -2.36. The molecular formula is C30H30N2O5S. The van der Waals surface area contributed by atoms with Gasteiger partial charge in [-0.25, -0.2) is 4.98 Å². The summed E-state index contributed by atoms with van der Waals surface area (Å²) in [7, 11) is 3.33. The van der Waals surface area contributed by atoms with E-state index < -0.39 is 5.97 Å². The maximum absolute atomic E-state index is 11.3. The molecule has 0 unspecified atom stereocenters. The maximum Gasteiger partial charge on any atom is 0.306 e. The minimum absolute atomic E-state index is 0.262. The Balaban J connectivity index is 1.30. The molecule has 1 aliphatic rings. The lowest BCUT2D eigenvalue weighted by atomic mass is 9.97. The number of carboxylic acid groups (broad SMARTS) is 1. The third-order valence-corrected chi connectivity index (χ3v) is 7.76. The third-order valence-electron chi connectivity index (χ3n) is 6.86. The number of nitrogens with zero attached hydrogens (tertiary/aromatic N) is 2. The van der Waals surface area contributed by atoms with Crippen LogP contribution in [0.5, 0.6) is 17.2 Å². The fraction of sp³-hybridized carbons (Fsp3) is 0.267. The number of carboxylic acids is 1. The number of rotatable bonds is 9. The molecule has 2 heterocycles. The molecule has 0 atom stereocenters. The van der Waals surface area contributed by atoms with Crippen molar-refractivity contribution in [2.45, 2.75) is 19.4 Å². The minimum Gasteiger partial charge on any atom is -0.497 e. The van der Waals surface area contributed by atoms with Gasteiger partial charge in [0.15, 0.2) is 5.13 Å². The summed E-state index contributed by atoms with van der Waals surface area (Å²) in [5, 5.41) is 12.2. The van der Waals surface area contributed by atoms with E-state index >= 15 is 0 Å². The Hall–Kier alpha value is -4.04. The van der Waals surface area contributed by atoms with Crippen molar-refractivity contribution in [2.24, 2.45) is 5.92 Å². The second-order valence-corrected chi connectivity index (χ2v) is 9.99. The highest BCUT2D eigenvalue weighted by Gasteiger charge is 2.26. The molecule has 0 saturated carbocycles. The van der Waals surface area contributed by atoms with Crippen LogP contribution in [0.4, 0.5) is 5.13 Å². The highest BCUT2D eigenvalue weighted by Crippen LogP contribution is 2.36. The number of aliphatic carboxylic acids is 1. The van der Waals surface area contributed by atoms with Crippen LogP contribution in [-0.2, 0) is 11.4 Å². The number of anilines is 1. The molecule has 38 heavy (non-hydrogen) atoms. The van der Waals surface area contributed by atoms with Crippen LogP contribution in [0, 0.1) is 5.92 Å². The predicted octanol–water partition coefficient (Wildman–Crippen LogP) is 6.37. The zero-order valence-corrected chi connectivity index (χ0v) is 22.2. The second kappa shape index (κ2) is 11.6. The molecule has 1 fully saturated rings. The average molecular weight is 531 g/mol. The van der Waals surface area contributed by atoms with E-state index in [9.17, 15) is 9.90 Å². The number of piperidine rings is 1. The van der Waals surface area contributed by atoms with Gasteiger partial charge in [0.25, 0.3) is 0 Å². The van der Waals surface area contributed by atoms with Gasteiger partial charge in [0.2, 0.25) is 0 Å². The summed E-state index contributed by atoms with van der Waals surface area (Å²) in [6.45, 7) is 1.76. The largest absolute Gasteiger partial charge is 0.497 e. The summed E-state index contributed by atoms with van der Waals surface area (Å²) < 4.78 is 17.2. The summed E-state index contributed by atoms with van der Waals surface area (Å²) in [5.74, 6) is 1.36. The molecule has 0 aliphatic carbocycles. The quantitative estimate of drug-likeness (QED) is 0.269. The molecule has 7 nitrogen and oxygen atoms in total. The number of para-hydroxylation sites is 1. The van der Waals surface area contributed by atoms with Gasteiger partial charge in [-0.2, -0.15) is 0 Å². The summed E-state index contributed by atoms with van der Waals surface area (Å²) in [6.07, 6.45) is 1.28. The van der Waals surface area contributed by atoms with E-state index in [2.05, 4.69) is 11.0 Å². The predicted molar refractivity (Wildman–Crippen MR) is 149 cm³/mol. The zero-order valence-electron chi connectivity index (χ0n) is 21.4. The third kappa shape index (κ3) is 5.60. The number of hydrogen-bond acceptors (Lipinski definition) is 7. The van der Waals surface area contributed by atoms with Crippen molar-refractivity contribution in [1.82, 2.24) is 4.98 Å². The maximum atomic E-state index is 11.3. The van der Waals surface area contributed by atoms with Crippen molar-refractivity contribution < 1.29 is 24.1 Å². The standard InChI is InChI=1S/C30H30N2O5S/c1-35-24-11-9-20(10-12-24)22-7-8-23(28(17-22)36-2)18-37-27-6-4-3-5-25(27)26-19-38-30(31-26)32-15-13-21(14-16-32)29(33)34/h3-12,17,19,21H,13-16,18H2,1-2H3,(H,33,34). The van der Waals surface area contributed by atoms with Crippen molar-refractivity contribution in [3.63, 3.8) is 0 Å². The van der Waals surface area contributed by atoms with Gasteiger partial charge in [-0.1, -0.05) is 36.4 Å². The molecule has 1 saturated heterocycles. The number of aromatic nitrogens is 1. The first kappa shape index (κ1) is 25.6. The van der Waals surface area contributed by atoms with E-state index in [1.54, 1.807) is 25.6 Å². The number of benzene rings is 3. The Morgan fingerprint density at radius 2 is 1.71 bits per heavy atom. The molecular weight excluding hydrogens is 500 g/mol. The average Bonchev–Trinajstić information content (AvgIpc) is 3.46. The molecule has 0 radical (unpaired) electrons. The number of methoxy groups -OCH3 is 2. The molecule has 1 aromatic heterocycles. The minimum atomic E-state index is -0.706. The van der Waals surface area contributed by atoms with E-state index in [-0.39, 0.29) is 5.92 Å². The van der Waals surface area contributed by atoms with Crippen molar-refractivity contribution in [3.05, 3.63) is 77.7 Å². The normalized spacial score (nSPS) is 13.8. The fourth-order valence-corrected chi connectivity index (χ4v) is 5.52. The van der Waals surface area contributed by atoms with Crippen LogP contribution in [0.15, 0.2) is 72.1 Å². The molecule has 196 valence electrons. The van der Waals surface area contributed by atoms with Crippen molar-refractivity contribution in [1.29, 1.82) is 0 Å². The van der Waals surface area contributed by atoms with Gasteiger partial charge in [-0.05, 0) is 54.3 Å². The van der Waals surface area contributed by atoms with Gasteiger partial charge in [0.05, 0.1) is 25.8 Å². The van der Waals surface area contributed by atoms with Crippen LogP contribution in [0.25, 0.3) is 22.4 Å². The van der Waals surface area contributed by atoms with Crippen LogP contribution < -0.4 is 19.1 Å². The summed E-state index contributed by atoms with van der Waals surface area (Å²) >= 11 is 1.58. The lowest BCUT2D eigenvalue weighted by molar-refractivity contribution is -0.142. The number of thiazole rings is 1. The van der Waals surface area contributed by atoms with E-state index in [0.29, 0.717) is 32.5 Å². The van der Waals surface area contributed by atoms with Crippen LogP contribution >= 0.6 is 11.3 Å². The smallest absolute Gasteiger partial charge is 0.306 e. The summed E-state index contributed by atoms with van der Waals surface area (Å²) in [6, 6.07) is 21.9. The van der Waals surface area contributed by atoms with Crippen LogP contribution in [0.3, 0.4) is 0 Å². The Morgan fingerprint density at radius 3 is 2.42 bits per heavy atom. The van der Waals surface area contributed by atoms with Gasteiger partial charge < -0.3 is 24.2 Å². The van der Waals surface area contributed by atoms with Crippen LogP contribution in [-0.4, -0.2) is 43.4 Å². The van der Waals surface area contributed by atoms with E-state index in [4.69, 9.17) is 19.2 Å². The first-order chi connectivity index (χ1) is 18.6. The lowest BCUT2D eigenvalue weighted by Gasteiger charge is -2.29. The van der Waals surface area contributed by atoms with Crippen molar-refractivity contribution in [2.75, 3.05) is 32.2 Å². The summed E-state index contributed by atoms with van der Waals surface area (Å²) in [5.41, 5.74) is 4.84. The molecule has 0 bridgehead atoms. The number of carbonyl (C=O) groups is 1. The Morgan fingerprint density at radius 1 is 0.974 bits per heavy atom. The molecule has 3 aromatic carbocycles. The Labute approximate surface area is 226 Å². The number of ether oxygens (including phenoxy) is 3. The second-order valence-electron chi connectivity index (χ2n) is 9.15. The zero-order chi connectivity index (χ0) is 26.5. The first-order valence-corrected chi connectivity index (χ1v) is 13.4. The van der Waals surface area contributed by atoms with Crippen LogP contribution in [0.1, 0.15) is 18.4 Å². The molecule has 0 spiro atoms. The van der Waals surface area contributed by atoms with Crippen molar-refractivity contribution >= 4 is 22.4 Å². The van der Waals surface area contributed by atoms with Gasteiger partial charge >= 0.3 is 5.97 Å². The van der Waals surface area contributed by atoms with E-state index in [1.165, 1.54) is 0 Å². The van der Waals surface area contributed by atoms with Gasteiger partial charge in [0, 0.05) is 29.6 Å². The fourth-order valence-electron chi connectivity index (χ4n) is 4.64. The highest BCUT2D eigenvalue weighted by atomic mass is 32.1. The molecule has 1 aliphatic heterocycles. The Kier molecular flexibility index (Phi) is 7.79. The number of hydrogen-bond donors (Lipinski definition) is 1. The summed E-state index contributed by atoms with van der Waals surface area (Å²) in [4.78, 5) is 18.3. The van der Waals surface area contributed by atoms with Crippen molar-refractivity contribution in [3.8, 4) is 39.6 Å². The molecule has 5 rings (SSSR count). The topological polar surface area (TPSA) is 81.1 Å². The van der Waals surface area contributed by atoms with Gasteiger partial charge in [0.1, 0.15) is 23.9 Å². The van der Waals surface area contributed by atoms with Gasteiger partial charge in [-0.15, -0.1) is 11.3 Å². The van der Waals surface area contributed by atoms with E-state index in [1.807, 2.05) is 66.0 Å². The SMILES string of the molecule is COc1ccc(-c2ccc(COc3ccccc3-c3csc(N4CCC(C(=O)O)CC4)n3)c(OC)c2)cc1.